The fourth-order valence-electron chi connectivity index (χ4n) is 2.18. The van der Waals surface area contributed by atoms with E-state index in [9.17, 15) is 23.3 Å². The Morgan fingerprint density at radius 2 is 1.76 bits per heavy atom. The van der Waals surface area contributed by atoms with Gasteiger partial charge in [-0.2, -0.15) is 13.2 Å². The Labute approximate surface area is 159 Å². The fraction of sp³-hybridized carbons (Fsp3) is 0.0667. The predicted molar refractivity (Wildman–Crippen MR) is 94.2 cm³/mol. The summed E-state index contributed by atoms with van der Waals surface area (Å²) in [4.78, 5) is 25.5. The number of nitrogens with zero attached hydrogens (tertiary/aromatic N) is 7. The van der Waals surface area contributed by atoms with Gasteiger partial charge in [-0.15, -0.1) is 10.2 Å². The van der Waals surface area contributed by atoms with Crippen molar-refractivity contribution in [3.05, 3.63) is 52.5 Å². The molecule has 0 aliphatic heterocycles. The molecule has 148 valence electrons. The van der Waals surface area contributed by atoms with Crippen LogP contribution in [-0.4, -0.2) is 24.9 Å². The molecule has 0 bridgehead atoms. The number of aromatic nitrogens is 4. The van der Waals surface area contributed by atoms with Gasteiger partial charge in [0, 0.05) is 24.5 Å². The van der Waals surface area contributed by atoms with Gasteiger partial charge < -0.3 is 11.5 Å². The number of azo groups is 1. The number of nitrogen functional groups attached to an aromatic ring is 2. The van der Waals surface area contributed by atoms with Gasteiger partial charge in [-0.1, -0.05) is 0 Å². The van der Waals surface area contributed by atoms with Gasteiger partial charge in [0.2, 0.25) is 0 Å². The fourth-order valence-corrected chi connectivity index (χ4v) is 2.18. The van der Waals surface area contributed by atoms with Gasteiger partial charge in [-0.05, 0) is 6.07 Å². The predicted octanol–water partition coefficient (Wildman–Crippen LogP) is 3.44. The molecule has 2 aromatic heterocycles. The quantitative estimate of drug-likeness (QED) is 0.377. The highest BCUT2D eigenvalue weighted by Gasteiger charge is 2.35. The summed E-state index contributed by atoms with van der Waals surface area (Å²) in [5, 5.41) is 17.8. The summed E-state index contributed by atoms with van der Waals surface area (Å²) in [6, 6.07) is 2.03. The van der Waals surface area contributed by atoms with E-state index in [2.05, 4.69) is 30.2 Å². The van der Waals surface area contributed by atoms with E-state index in [0.717, 1.165) is 12.1 Å². The molecule has 29 heavy (non-hydrogen) atoms. The highest BCUT2D eigenvalue weighted by Crippen LogP contribution is 2.39. The lowest BCUT2D eigenvalue weighted by Crippen LogP contribution is -2.06. The van der Waals surface area contributed by atoms with Crippen molar-refractivity contribution in [1.29, 1.82) is 0 Å². The summed E-state index contributed by atoms with van der Waals surface area (Å²) in [5.74, 6) is -0.465. The Morgan fingerprint density at radius 1 is 1.07 bits per heavy atom. The summed E-state index contributed by atoms with van der Waals surface area (Å²) in [6.07, 6.45) is -0.709. The Bertz CT molecular complexity index is 1080. The number of nitro benzene ring substituents is 1. The van der Waals surface area contributed by atoms with Gasteiger partial charge in [-0.25, -0.2) is 15.0 Å². The molecule has 0 unspecified atom stereocenters. The van der Waals surface area contributed by atoms with E-state index >= 15 is 0 Å². The zero-order chi connectivity index (χ0) is 21.2. The van der Waals surface area contributed by atoms with Crippen LogP contribution in [0.4, 0.5) is 41.9 Å². The minimum atomic E-state index is -4.90. The molecule has 0 saturated carbocycles. The van der Waals surface area contributed by atoms with E-state index < -0.39 is 28.0 Å². The minimum Gasteiger partial charge on any atom is -0.382 e. The monoisotopic (exact) mass is 405 g/mol. The Balaban J connectivity index is 2.01. The molecule has 3 aromatic rings. The molecule has 0 fully saturated rings. The molecule has 0 saturated heterocycles. The molecule has 0 radical (unpaired) electrons. The van der Waals surface area contributed by atoms with Crippen molar-refractivity contribution in [2.45, 2.75) is 6.18 Å². The van der Waals surface area contributed by atoms with Gasteiger partial charge in [0.15, 0.2) is 23.1 Å². The average molecular weight is 405 g/mol. The van der Waals surface area contributed by atoms with Gasteiger partial charge >= 0.3 is 6.18 Å². The minimum absolute atomic E-state index is 0.0402. The maximum Gasteiger partial charge on any atom is 0.418 e. The van der Waals surface area contributed by atoms with Crippen LogP contribution in [0.5, 0.6) is 0 Å². The third kappa shape index (κ3) is 4.20. The van der Waals surface area contributed by atoms with E-state index in [1.54, 1.807) is 0 Å². The van der Waals surface area contributed by atoms with Crippen molar-refractivity contribution < 1.29 is 18.1 Å². The molecule has 3 rings (SSSR count). The number of alkyl halides is 3. The van der Waals surface area contributed by atoms with E-state index in [-0.39, 0.29) is 28.8 Å². The first-order valence-electron chi connectivity index (χ1n) is 7.63. The molecule has 0 spiro atoms. The van der Waals surface area contributed by atoms with Gasteiger partial charge in [0.1, 0.15) is 5.69 Å². The van der Waals surface area contributed by atoms with Crippen LogP contribution in [0, 0.1) is 10.1 Å². The maximum absolute atomic E-state index is 13.2. The molecular formula is C15H10F3N9O2. The van der Waals surface area contributed by atoms with Crippen molar-refractivity contribution in [3.63, 3.8) is 0 Å². The largest absolute Gasteiger partial charge is 0.418 e. The van der Waals surface area contributed by atoms with Gasteiger partial charge in [-0.3, -0.25) is 15.1 Å². The summed E-state index contributed by atoms with van der Waals surface area (Å²) >= 11 is 0. The standard InChI is InChI=1S/C15H10F3N9O2/c16-15(17,18)8-5-7(27(28)29)1-2-9(8)25-26-11-12(19)23-14(24-13(11)20)10-6-21-3-4-22-10/h1-6H,(H4,19,20,23,24)/b26-25+. The van der Waals surface area contributed by atoms with Crippen LogP contribution in [0.3, 0.4) is 0 Å². The summed E-state index contributed by atoms with van der Waals surface area (Å²) in [7, 11) is 0. The smallest absolute Gasteiger partial charge is 0.382 e. The topological polar surface area (TPSA) is 171 Å². The first-order chi connectivity index (χ1) is 13.7. The number of rotatable bonds is 4. The number of benzene rings is 1. The number of nitro groups is 1. The van der Waals surface area contributed by atoms with E-state index in [1.165, 1.54) is 18.6 Å². The molecule has 14 heteroatoms. The van der Waals surface area contributed by atoms with Crippen LogP contribution in [0.2, 0.25) is 0 Å². The van der Waals surface area contributed by atoms with Crippen LogP contribution in [-0.2, 0) is 6.18 Å². The zero-order valence-electron chi connectivity index (χ0n) is 14.2. The lowest BCUT2D eigenvalue weighted by molar-refractivity contribution is -0.385. The van der Waals surface area contributed by atoms with Crippen molar-refractivity contribution in [2.24, 2.45) is 10.2 Å². The third-order valence-corrected chi connectivity index (χ3v) is 3.48. The second kappa shape index (κ2) is 7.41. The lowest BCUT2D eigenvalue weighted by atomic mass is 10.1. The highest BCUT2D eigenvalue weighted by atomic mass is 19.4. The summed E-state index contributed by atoms with van der Waals surface area (Å²) in [5.41, 5.74) is 8.79. The van der Waals surface area contributed by atoms with Gasteiger partial charge in [0.25, 0.3) is 5.69 Å². The third-order valence-electron chi connectivity index (χ3n) is 3.48. The molecular weight excluding hydrogens is 395 g/mol. The maximum atomic E-state index is 13.2. The first kappa shape index (κ1) is 19.5. The number of hydrogen-bond donors (Lipinski definition) is 2. The van der Waals surface area contributed by atoms with E-state index in [1.807, 2.05) is 0 Å². The second-order valence-electron chi connectivity index (χ2n) is 5.41. The molecule has 0 amide bonds. The van der Waals surface area contributed by atoms with Crippen LogP contribution < -0.4 is 11.5 Å². The molecule has 1 aromatic carbocycles. The summed E-state index contributed by atoms with van der Waals surface area (Å²) < 4.78 is 39.6. The lowest BCUT2D eigenvalue weighted by Gasteiger charge is -2.09. The number of non-ortho nitro benzene ring substituents is 1. The average Bonchev–Trinajstić information content (AvgIpc) is 2.67. The van der Waals surface area contributed by atoms with Crippen molar-refractivity contribution in [1.82, 2.24) is 19.9 Å². The normalized spacial score (nSPS) is 11.7. The molecule has 2 heterocycles. The van der Waals surface area contributed by atoms with E-state index in [4.69, 9.17) is 11.5 Å². The number of hydrogen-bond acceptors (Lipinski definition) is 10. The Kier molecular flexibility index (Phi) is 4.99. The molecule has 11 nitrogen and oxygen atoms in total. The molecule has 0 aliphatic rings. The number of anilines is 2. The van der Waals surface area contributed by atoms with Crippen LogP contribution in [0.1, 0.15) is 5.56 Å². The van der Waals surface area contributed by atoms with Crippen molar-refractivity contribution >= 4 is 28.7 Å². The van der Waals surface area contributed by atoms with Crippen molar-refractivity contribution in [2.75, 3.05) is 11.5 Å². The van der Waals surface area contributed by atoms with Crippen molar-refractivity contribution in [3.8, 4) is 11.5 Å². The Hall–Kier alpha value is -4.23. The molecule has 0 atom stereocenters. The number of halogens is 3. The summed E-state index contributed by atoms with van der Waals surface area (Å²) in [6.45, 7) is 0. The van der Waals surface area contributed by atoms with Gasteiger partial charge in [0.05, 0.1) is 22.4 Å². The van der Waals surface area contributed by atoms with Crippen LogP contribution in [0.15, 0.2) is 47.0 Å². The molecule has 0 aliphatic carbocycles. The first-order valence-corrected chi connectivity index (χ1v) is 7.63. The second-order valence-corrected chi connectivity index (χ2v) is 5.41. The molecule has 4 N–H and O–H groups in total. The van der Waals surface area contributed by atoms with Crippen LogP contribution >= 0.6 is 0 Å². The van der Waals surface area contributed by atoms with E-state index in [0.29, 0.717) is 6.07 Å². The number of nitrogens with two attached hydrogens (primary N) is 2. The highest BCUT2D eigenvalue weighted by molar-refractivity contribution is 5.73. The SMILES string of the molecule is Nc1nc(-c2cnccn2)nc(N)c1/N=N/c1ccc([N+](=O)[O-])cc1C(F)(F)F. The Morgan fingerprint density at radius 3 is 2.31 bits per heavy atom. The van der Waals surface area contributed by atoms with Crippen LogP contribution in [0.25, 0.3) is 11.5 Å². The zero-order valence-corrected chi connectivity index (χ0v) is 14.2.